The fourth-order valence-electron chi connectivity index (χ4n) is 1.41. The molecule has 0 spiro atoms. The molecule has 1 rings (SSSR count). The average Bonchev–Trinajstić information content (AvgIpc) is 2.10. The number of pyridine rings is 1. The van der Waals surface area contributed by atoms with Crippen molar-refractivity contribution in [2.24, 2.45) is 0 Å². The molecule has 0 aliphatic heterocycles. The van der Waals surface area contributed by atoms with Crippen molar-refractivity contribution >= 4 is 35.1 Å². The molecule has 0 aliphatic carbocycles. The van der Waals surface area contributed by atoms with E-state index in [2.05, 4.69) is 15.6 Å². The summed E-state index contributed by atoms with van der Waals surface area (Å²) in [4.78, 5) is 27.3. The third-order valence-corrected chi connectivity index (χ3v) is 2.55. The first-order valence-corrected chi connectivity index (χ1v) is 6.32. The summed E-state index contributed by atoms with van der Waals surface area (Å²) in [6.45, 7) is 7.08. The zero-order valence-electron chi connectivity index (χ0n) is 11.1. The second kappa shape index (κ2) is 5.75. The number of carbonyl (C=O) groups is 2. The molecule has 0 saturated carbocycles. The lowest BCUT2D eigenvalue weighted by atomic mass is 10.1. The van der Waals surface area contributed by atoms with Crippen LogP contribution in [0.15, 0.2) is 6.07 Å². The average molecular weight is 304 g/mol. The van der Waals surface area contributed by atoms with E-state index in [9.17, 15) is 9.59 Å². The largest absolute Gasteiger partial charge is 0.333 e. The van der Waals surface area contributed by atoms with E-state index in [-0.39, 0.29) is 15.9 Å². The topological polar surface area (TPSA) is 71.1 Å². The van der Waals surface area contributed by atoms with Crippen LogP contribution in [-0.4, -0.2) is 22.5 Å². The third kappa shape index (κ3) is 4.69. The van der Waals surface area contributed by atoms with Gasteiger partial charge in [-0.2, -0.15) is 0 Å². The number of urea groups is 1. The first-order valence-electron chi connectivity index (χ1n) is 5.56. The van der Waals surface area contributed by atoms with Gasteiger partial charge >= 0.3 is 6.03 Å². The Bertz CT molecular complexity index is 501. The summed E-state index contributed by atoms with van der Waals surface area (Å²) >= 11 is 11.6. The summed E-state index contributed by atoms with van der Waals surface area (Å²) in [5.74, 6) is -0.617. The summed E-state index contributed by atoms with van der Waals surface area (Å²) in [5.41, 5.74) is 0.239. The van der Waals surface area contributed by atoms with Gasteiger partial charge in [0.1, 0.15) is 10.3 Å². The predicted molar refractivity (Wildman–Crippen MR) is 74.7 cm³/mol. The highest BCUT2D eigenvalue weighted by atomic mass is 35.5. The molecule has 3 amide bonds. The maximum Gasteiger partial charge on any atom is 0.322 e. The van der Waals surface area contributed by atoms with Crippen LogP contribution in [0.5, 0.6) is 0 Å². The van der Waals surface area contributed by atoms with E-state index in [1.165, 1.54) is 6.07 Å². The molecule has 1 aromatic rings. The van der Waals surface area contributed by atoms with Crippen LogP contribution >= 0.6 is 23.2 Å². The van der Waals surface area contributed by atoms with Crippen LogP contribution in [-0.2, 0) is 0 Å². The Hall–Kier alpha value is -1.33. The first-order chi connectivity index (χ1) is 8.60. The van der Waals surface area contributed by atoms with Crippen LogP contribution in [0.3, 0.4) is 0 Å². The first kappa shape index (κ1) is 15.7. The Morgan fingerprint density at radius 1 is 1.26 bits per heavy atom. The van der Waals surface area contributed by atoms with Gasteiger partial charge in [0, 0.05) is 5.54 Å². The molecule has 0 radical (unpaired) electrons. The fourth-order valence-corrected chi connectivity index (χ4v) is 2.02. The Balaban J connectivity index is 2.88. The summed E-state index contributed by atoms with van der Waals surface area (Å²) in [6.07, 6.45) is 0. The molecule has 0 saturated heterocycles. The molecule has 0 bridgehead atoms. The lowest BCUT2D eigenvalue weighted by Crippen LogP contribution is -2.48. The Morgan fingerprint density at radius 3 is 2.32 bits per heavy atom. The van der Waals surface area contributed by atoms with Gasteiger partial charge in [-0.3, -0.25) is 10.1 Å². The minimum absolute atomic E-state index is 0.0361. The number of nitrogens with zero attached hydrogens (tertiary/aromatic N) is 1. The van der Waals surface area contributed by atoms with Gasteiger partial charge in [0.25, 0.3) is 5.91 Å². The Morgan fingerprint density at radius 2 is 1.84 bits per heavy atom. The predicted octanol–water partition coefficient (Wildman–Crippen LogP) is 2.93. The monoisotopic (exact) mass is 303 g/mol. The third-order valence-electron chi connectivity index (χ3n) is 2.08. The van der Waals surface area contributed by atoms with Gasteiger partial charge in [-0.15, -0.1) is 0 Å². The fraction of sp³-hybridized carbons (Fsp3) is 0.417. The molecule has 1 aromatic heterocycles. The SMILES string of the molecule is Cc1cc(Cl)nc(Cl)c1C(=O)NC(=O)NC(C)(C)C. The van der Waals surface area contributed by atoms with Gasteiger partial charge in [-0.25, -0.2) is 9.78 Å². The van der Waals surface area contributed by atoms with Gasteiger partial charge in [-0.1, -0.05) is 23.2 Å². The summed E-state index contributed by atoms with van der Waals surface area (Å²) in [5, 5.41) is 4.96. The Kier molecular flexibility index (Phi) is 4.76. The molecule has 0 fully saturated rings. The molecule has 104 valence electrons. The van der Waals surface area contributed by atoms with E-state index in [4.69, 9.17) is 23.2 Å². The van der Waals surface area contributed by atoms with E-state index < -0.39 is 17.5 Å². The van der Waals surface area contributed by atoms with E-state index in [0.29, 0.717) is 5.56 Å². The van der Waals surface area contributed by atoms with Crippen molar-refractivity contribution in [2.75, 3.05) is 0 Å². The number of halogens is 2. The number of hydrogen-bond acceptors (Lipinski definition) is 3. The zero-order valence-corrected chi connectivity index (χ0v) is 12.6. The maximum atomic E-state index is 12.0. The molecule has 0 aliphatic rings. The van der Waals surface area contributed by atoms with Crippen LogP contribution in [0, 0.1) is 6.92 Å². The molecular weight excluding hydrogens is 289 g/mol. The lowest BCUT2D eigenvalue weighted by molar-refractivity contribution is 0.0962. The van der Waals surface area contributed by atoms with Crippen LogP contribution in [0.4, 0.5) is 4.79 Å². The lowest BCUT2D eigenvalue weighted by Gasteiger charge is -2.20. The van der Waals surface area contributed by atoms with Gasteiger partial charge < -0.3 is 5.32 Å². The number of carbonyl (C=O) groups excluding carboxylic acids is 2. The highest BCUT2D eigenvalue weighted by Gasteiger charge is 2.20. The molecule has 0 aromatic carbocycles. The van der Waals surface area contributed by atoms with Gasteiger partial charge in [-0.05, 0) is 39.3 Å². The van der Waals surface area contributed by atoms with Crippen molar-refractivity contribution in [2.45, 2.75) is 33.2 Å². The summed E-state index contributed by atoms with van der Waals surface area (Å²) in [7, 11) is 0. The molecule has 0 unspecified atom stereocenters. The molecule has 19 heavy (non-hydrogen) atoms. The van der Waals surface area contributed by atoms with Gasteiger partial charge in [0.2, 0.25) is 0 Å². The van der Waals surface area contributed by atoms with Crippen LogP contribution < -0.4 is 10.6 Å². The summed E-state index contributed by atoms with van der Waals surface area (Å²) in [6, 6.07) is 0.909. The van der Waals surface area contributed by atoms with E-state index >= 15 is 0 Å². The van der Waals surface area contributed by atoms with Crippen molar-refractivity contribution in [3.63, 3.8) is 0 Å². The minimum atomic E-state index is -0.617. The van der Waals surface area contributed by atoms with Crippen molar-refractivity contribution in [1.29, 1.82) is 0 Å². The number of amides is 3. The van der Waals surface area contributed by atoms with Crippen molar-refractivity contribution in [1.82, 2.24) is 15.6 Å². The van der Waals surface area contributed by atoms with Crippen LogP contribution in [0.2, 0.25) is 10.3 Å². The van der Waals surface area contributed by atoms with E-state index in [1.54, 1.807) is 27.7 Å². The van der Waals surface area contributed by atoms with Crippen LogP contribution in [0.1, 0.15) is 36.7 Å². The molecule has 2 N–H and O–H groups in total. The smallest absolute Gasteiger partial charge is 0.322 e. The number of imide groups is 1. The highest BCUT2D eigenvalue weighted by molar-refractivity contribution is 6.35. The number of aryl methyl sites for hydroxylation is 1. The number of nitrogens with one attached hydrogen (secondary N) is 2. The van der Waals surface area contributed by atoms with Crippen molar-refractivity contribution < 1.29 is 9.59 Å². The minimum Gasteiger partial charge on any atom is -0.333 e. The zero-order chi connectivity index (χ0) is 14.8. The molecule has 7 heteroatoms. The van der Waals surface area contributed by atoms with E-state index in [0.717, 1.165) is 0 Å². The van der Waals surface area contributed by atoms with Crippen LogP contribution in [0.25, 0.3) is 0 Å². The van der Waals surface area contributed by atoms with Gasteiger partial charge in [0.05, 0.1) is 5.56 Å². The quantitative estimate of drug-likeness (QED) is 0.784. The standard InChI is InChI=1S/C12H15Cl2N3O2/c1-6-5-7(13)15-9(14)8(6)10(18)16-11(19)17-12(2,3)4/h5H,1-4H3,(H2,16,17,18,19). The molecule has 5 nitrogen and oxygen atoms in total. The molecular formula is C12H15Cl2N3O2. The second-order valence-electron chi connectivity index (χ2n) is 5.09. The second-order valence-corrected chi connectivity index (χ2v) is 5.83. The number of hydrogen-bond donors (Lipinski definition) is 2. The molecule has 0 atom stereocenters. The number of rotatable bonds is 1. The van der Waals surface area contributed by atoms with Crippen molar-refractivity contribution in [3.8, 4) is 0 Å². The summed E-state index contributed by atoms with van der Waals surface area (Å²) < 4.78 is 0. The van der Waals surface area contributed by atoms with E-state index in [1.807, 2.05) is 0 Å². The maximum absolute atomic E-state index is 12.0. The molecule has 1 heterocycles. The van der Waals surface area contributed by atoms with Crippen molar-refractivity contribution in [3.05, 3.63) is 27.5 Å². The normalized spacial score (nSPS) is 11.1. The van der Waals surface area contributed by atoms with Gasteiger partial charge in [0.15, 0.2) is 0 Å². The Labute approximate surface area is 121 Å². The number of aromatic nitrogens is 1. The highest BCUT2D eigenvalue weighted by Crippen LogP contribution is 2.21.